The Morgan fingerprint density at radius 1 is 1.13 bits per heavy atom. The van der Waals surface area contributed by atoms with Gasteiger partial charge in [-0.2, -0.15) is 0 Å². The first-order chi connectivity index (χ1) is 14.2. The van der Waals surface area contributed by atoms with Gasteiger partial charge in [0.2, 0.25) is 0 Å². The van der Waals surface area contributed by atoms with Crippen molar-refractivity contribution in [3.05, 3.63) is 65.0 Å². The quantitative estimate of drug-likeness (QED) is 0.301. The van der Waals surface area contributed by atoms with E-state index in [2.05, 4.69) is 15.6 Å². The summed E-state index contributed by atoms with van der Waals surface area (Å²) in [5.41, 5.74) is 2.85. The first-order valence-electron chi connectivity index (χ1n) is 10.3. The average Bonchev–Trinajstić information content (AvgIpc) is 2.65. The Bertz CT molecular complexity index is 1020. The molecule has 5 nitrogen and oxygen atoms in total. The minimum absolute atomic E-state index is 0. The van der Waals surface area contributed by atoms with Crippen molar-refractivity contribution >= 4 is 39.8 Å². The van der Waals surface area contributed by atoms with E-state index in [9.17, 15) is 12.8 Å². The number of hydrogen-bond donors (Lipinski definition) is 2. The van der Waals surface area contributed by atoms with Gasteiger partial charge in [-0.1, -0.05) is 30.7 Å². The van der Waals surface area contributed by atoms with Crippen molar-refractivity contribution in [1.29, 1.82) is 0 Å². The summed E-state index contributed by atoms with van der Waals surface area (Å²) >= 11 is 0. The van der Waals surface area contributed by atoms with Crippen molar-refractivity contribution in [2.24, 2.45) is 4.99 Å². The van der Waals surface area contributed by atoms with Gasteiger partial charge in [0.1, 0.15) is 5.82 Å². The van der Waals surface area contributed by atoms with Gasteiger partial charge in [0, 0.05) is 24.8 Å². The number of aryl methyl sites for hydroxylation is 1. The SMILES string of the molecule is CCNC(=NCc1ccc(S(C)(=O)=O)c(C)c1)NCC1(c2ccc(F)cc2)CCC1.I. The third-order valence-corrected chi connectivity index (χ3v) is 7.02. The van der Waals surface area contributed by atoms with Gasteiger partial charge in [-0.15, -0.1) is 24.0 Å². The molecule has 0 amide bonds. The summed E-state index contributed by atoms with van der Waals surface area (Å²) in [6.07, 6.45) is 4.52. The molecule has 0 atom stereocenters. The molecule has 0 aromatic heterocycles. The van der Waals surface area contributed by atoms with E-state index in [1.54, 1.807) is 13.0 Å². The molecule has 3 rings (SSSR count). The maximum Gasteiger partial charge on any atom is 0.191 e. The summed E-state index contributed by atoms with van der Waals surface area (Å²) in [7, 11) is -3.22. The lowest BCUT2D eigenvalue weighted by Crippen LogP contribution is -2.48. The highest BCUT2D eigenvalue weighted by atomic mass is 127. The Labute approximate surface area is 201 Å². The van der Waals surface area contributed by atoms with Crippen LogP contribution in [0.15, 0.2) is 52.4 Å². The Balaban J connectivity index is 0.00000341. The van der Waals surface area contributed by atoms with E-state index in [1.807, 2.05) is 31.2 Å². The van der Waals surface area contributed by atoms with Crippen LogP contribution in [-0.4, -0.2) is 33.7 Å². The summed E-state index contributed by atoms with van der Waals surface area (Å²) in [6, 6.07) is 12.1. The highest BCUT2D eigenvalue weighted by Crippen LogP contribution is 2.43. The number of hydrogen-bond acceptors (Lipinski definition) is 3. The molecule has 0 aliphatic heterocycles. The Morgan fingerprint density at radius 2 is 1.81 bits per heavy atom. The van der Waals surface area contributed by atoms with Crippen molar-refractivity contribution in [1.82, 2.24) is 10.6 Å². The fourth-order valence-corrected chi connectivity index (χ4v) is 4.92. The Hall–Kier alpha value is -1.68. The molecule has 8 heteroatoms. The maximum atomic E-state index is 13.3. The molecule has 0 saturated heterocycles. The first kappa shape index (κ1) is 25.6. The predicted molar refractivity (Wildman–Crippen MR) is 134 cm³/mol. The molecule has 2 aromatic carbocycles. The molecule has 0 radical (unpaired) electrons. The van der Waals surface area contributed by atoms with Crippen LogP contribution in [0, 0.1) is 12.7 Å². The van der Waals surface area contributed by atoms with E-state index < -0.39 is 9.84 Å². The van der Waals surface area contributed by atoms with Gasteiger partial charge in [-0.3, -0.25) is 0 Å². The smallest absolute Gasteiger partial charge is 0.191 e. The molecule has 0 heterocycles. The number of sulfone groups is 1. The van der Waals surface area contributed by atoms with Crippen LogP contribution >= 0.6 is 24.0 Å². The highest BCUT2D eigenvalue weighted by molar-refractivity contribution is 14.0. The molecule has 0 unspecified atom stereocenters. The number of nitrogens with zero attached hydrogens (tertiary/aromatic N) is 1. The third kappa shape index (κ3) is 6.41. The number of rotatable bonds is 7. The summed E-state index contributed by atoms with van der Waals surface area (Å²) in [6.45, 7) is 5.74. The minimum Gasteiger partial charge on any atom is -0.357 e. The lowest BCUT2D eigenvalue weighted by molar-refractivity contribution is 0.243. The van der Waals surface area contributed by atoms with Gasteiger partial charge in [-0.25, -0.2) is 17.8 Å². The van der Waals surface area contributed by atoms with E-state index in [-0.39, 0.29) is 35.2 Å². The molecular formula is C23H31FIN3O2S. The van der Waals surface area contributed by atoms with Gasteiger partial charge in [0.05, 0.1) is 11.4 Å². The zero-order valence-electron chi connectivity index (χ0n) is 18.2. The monoisotopic (exact) mass is 559 g/mol. The lowest BCUT2D eigenvalue weighted by atomic mass is 9.64. The molecule has 1 aliphatic carbocycles. The van der Waals surface area contributed by atoms with E-state index in [4.69, 9.17) is 0 Å². The number of guanidine groups is 1. The second kappa shape index (κ2) is 10.8. The topological polar surface area (TPSA) is 70.6 Å². The molecule has 1 saturated carbocycles. The van der Waals surface area contributed by atoms with Crippen LogP contribution in [0.2, 0.25) is 0 Å². The van der Waals surface area contributed by atoms with Crippen molar-refractivity contribution < 1.29 is 12.8 Å². The molecule has 170 valence electrons. The van der Waals surface area contributed by atoms with Gasteiger partial charge in [0.25, 0.3) is 0 Å². The minimum atomic E-state index is -3.22. The van der Waals surface area contributed by atoms with Gasteiger partial charge >= 0.3 is 0 Å². The zero-order chi connectivity index (χ0) is 21.8. The largest absolute Gasteiger partial charge is 0.357 e. The van der Waals surface area contributed by atoms with Crippen molar-refractivity contribution in [3.63, 3.8) is 0 Å². The van der Waals surface area contributed by atoms with Crippen molar-refractivity contribution in [2.75, 3.05) is 19.3 Å². The van der Waals surface area contributed by atoms with Crippen LogP contribution in [0.5, 0.6) is 0 Å². The second-order valence-electron chi connectivity index (χ2n) is 8.06. The fourth-order valence-electron chi connectivity index (χ4n) is 3.97. The molecule has 2 aromatic rings. The van der Waals surface area contributed by atoms with Crippen LogP contribution in [0.4, 0.5) is 4.39 Å². The van der Waals surface area contributed by atoms with Gasteiger partial charge in [0.15, 0.2) is 15.8 Å². The molecule has 1 aliphatic rings. The fraction of sp³-hybridized carbons (Fsp3) is 0.435. The van der Waals surface area contributed by atoms with E-state index in [1.165, 1.54) is 24.8 Å². The molecule has 0 spiro atoms. The van der Waals surface area contributed by atoms with Crippen LogP contribution in [0.3, 0.4) is 0 Å². The van der Waals surface area contributed by atoms with Gasteiger partial charge < -0.3 is 10.6 Å². The van der Waals surface area contributed by atoms with Crippen molar-refractivity contribution in [2.45, 2.75) is 50.0 Å². The Kier molecular flexibility index (Phi) is 8.88. The van der Waals surface area contributed by atoms with Crippen LogP contribution in [-0.2, 0) is 21.8 Å². The first-order valence-corrected chi connectivity index (χ1v) is 12.2. The van der Waals surface area contributed by atoms with Gasteiger partial charge in [-0.05, 0) is 61.6 Å². The number of benzene rings is 2. The summed E-state index contributed by atoms with van der Waals surface area (Å²) in [5, 5.41) is 6.71. The molecule has 31 heavy (non-hydrogen) atoms. The number of halogens is 2. The number of nitrogens with one attached hydrogen (secondary N) is 2. The van der Waals surface area contributed by atoms with Crippen LogP contribution < -0.4 is 10.6 Å². The Morgan fingerprint density at radius 3 is 2.32 bits per heavy atom. The average molecular weight is 559 g/mol. The van der Waals surface area contributed by atoms with E-state index >= 15 is 0 Å². The van der Waals surface area contributed by atoms with E-state index in [0.29, 0.717) is 11.4 Å². The standard InChI is InChI=1S/C23H30FN3O2S.HI/c1-4-25-22(26-15-18-6-11-21(17(2)14-18)30(3,28)29)27-16-23(12-5-13-23)19-7-9-20(24)10-8-19;/h6-11,14H,4-5,12-13,15-16H2,1-3H3,(H2,25,26,27);1H. The maximum absolute atomic E-state index is 13.3. The normalized spacial score (nSPS) is 15.5. The zero-order valence-corrected chi connectivity index (χ0v) is 21.4. The summed E-state index contributed by atoms with van der Waals surface area (Å²) < 4.78 is 36.9. The summed E-state index contributed by atoms with van der Waals surface area (Å²) in [4.78, 5) is 5.02. The lowest BCUT2D eigenvalue weighted by Gasteiger charge is -2.43. The molecule has 0 bridgehead atoms. The predicted octanol–water partition coefficient (Wildman–Crippen LogP) is 4.33. The van der Waals surface area contributed by atoms with E-state index in [0.717, 1.165) is 48.6 Å². The van der Waals surface area contributed by atoms with Crippen LogP contribution in [0.25, 0.3) is 0 Å². The van der Waals surface area contributed by atoms with Crippen LogP contribution in [0.1, 0.15) is 42.9 Å². The highest BCUT2D eigenvalue weighted by Gasteiger charge is 2.38. The second-order valence-corrected chi connectivity index (χ2v) is 10.0. The summed E-state index contributed by atoms with van der Waals surface area (Å²) in [5.74, 6) is 0.504. The third-order valence-electron chi connectivity index (χ3n) is 5.76. The van der Waals surface area contributed by atoms with Crippen molar-refractivity contribution in [3.8, 4) is 0 Å². The molecule has 1 fully saturated rings. The number of aliphatic imine (C=N–C) groups is 1. The molecular weight excluding hydrogens is 528 g/mol. The molecule has 2 N–H and O–H groups in total.